The Morgan fingerprint density at radius 2 is 0.987 bits per heavy atom. The number of urea groups is 1. The molecule has 0 radical (unpaired) electrons. The molecular formula is C49H62N16O13. The van der Waals surface area contributed by atoms with Gasteiger partial charge in [-0.2, -0.15) is 30.5 Å². The van der Waals surface area contributed by atoms with Crippen molar-refractivity contribution in [3.05, 3.63) is 84.4 Å². The number of amides is 4. The lowest BCUT2D eigenvalue weighted by Gasteiger charge is -2.23. The number of aromatic nitrogens is 8. The predicted octanol–water partition coefficient (Wildman–Crippen LogP) is -0.377. The van der Waals surface area contributed by atoms with Gasteiger partial charge in [0.1, 0.15) is 24.4 Å². The molecule has 2 aliphatic heterocycles. The second kappa shape index (κ2) is 23.5. The molecule has 4 aliphatic rings. The topological polar surface area (TPSA) is 397 Å². The minimum Gasteiger partial charge on any atom is -0.394 e. The molecule has 29 nitrogen and oxygen atoms in total. The van der Waals surface area contributed by atoms with Crippen LogP contribution in [-0.2, 0) is 22.6 Å². The zero-order valence-electron chi connectivity index (χ0n) is 41.9. The standard InChI is InChI=1S/C49H62N16O13/c66-21-29(15-25-7-3-1-4-8-25)52-41-35-43(64(23-50-35)33-17-31(37(68)39(33)70)56-48(73)77-75)60-45(58-41)62-13-11-27(19-62)54-47(72)55-28-12-14-63(20-28)46-59-42(53-30(22-67)16-26-9-5-2-6-10-26)36-44(61-46)65(24-51-36)34-18-32(38(69)40(34)71)57-49(74)78-76/h1-10,23-24,27-34,37-40,66-71,75-76H,11-22H2,(H,56,73)(H,57,74)(H,52,58,60)(H,53,59,61)(H2,54,55,72)/t27-,28-,29+,30+,31+,32+,33-,34?,37-,38-,39+,40+/m1/s1. The van der Waals surface area contributed by atoms with Gasteiger partial charge in [0.2, 0.25) is 11.9 Å². The highest BCUT2D eigenvalue weighted by Crippen LogP contribution is 2.37. The van der Waals surface area contributed by atoms with Crippen LogP contribution in [0.3, 0.4) is 0 Å². The van der Waals surface area contributed by atoms with Gasteiger partial charge in [0.05, 0.1) is 62.1 Å². The Balaban J connectivity index is 0.844. The number of imidazole rings is 2. The Labute approximate surface area is 444 Å². The van der Waals surface area contributed by atoms with Gasteiger partial charge in [0.25, 0.3) is 0 Å². The Morgan fingerprint density at radius 1 is 0.577 bits per heavy atom. The fraction of sp³-hybridized carbons (Fsp3) is 0.490. The number of rotatable bonds is 18. The first-order valence-electron chi connectivity index (χ1n) is 25.7. The van der Waals surface area contributed by atoms with Crippen molar-refractivity contribution in [3.63, 3.8) is 0 Å². The number of carbonyl (C=O) groups excluding carboxylic acids is 3. The van der Waals surface area contributed by atoms with Crippen LogP contribution in [0, 0.1) is 0 Å². The number of benzene rings is 2. The highest BCUT2D eigenvalue weighted by molar-refractivity contribution is 5.86. The lowest BCUT2D eigenvalue weighted by atomic mass is 10.1. The monoisotopic (exact) mass is 1080 g/mol. The maximum atomic E-state index is 13.8. The van der Waals surface area contributed by atoms with Gasteiger partial charge in [-0.3, -0.25) is 9.78 Å². The molecule has 4 fully saturated rings. The first kappa shape index (κ1) is 53.6. The molecule has 14 N–H and O–H groups in total. The quantitative estimate of drug-likeness (QED) is 0.0385. The fourth-order valence-electron chi connectivity index (χ4n) is 11.0. The number of hydrogen-bond donors (Lipinski definition) is 14. The van der Waals surface area contributed by atoms with Crippen LogP contribution < -0.4 is 41.7 Å². The lowest BCUT2D eigenvalue weighted by molar-refractivity contribution is -0.179. The Morgan fingerprint density at radius 3 is 1.37 bits per heavy atom. The van der Waals surface area contributed by atoms with Crippen LogP contribution in [0.4, 0.5) is 37.9 Å². The van der Waals surface area contributed by atoms with E-state index in [4.69, 9.17) is 30.5 Å². The van der Waals surface area contributed by atoms with Gasteiger partial charge < -0.3 is 81.5 Å². The van der Waals surface area contributed by atoms with Crippen molar-refractivity contribution in [2.75, 3.05) is 59.8 Å². The molecule has 2 aromatic carbocycles. The van der Waals surface area contributed by atoms with E-state index in [1.165, 1.54) is 12.7 Å². The summed E-state index contributed by atoms with van der Waals surface area (Å²) in [5.74, 6) is 1.14. The van der Waals surface area contributed by atoms with Crippen molar-refractivity contribution in [2.24, 2.45) is 0 Å². The average molecular weight is 1080 g/mol. The Bertz CT molecular complexity index is 2850. The van der Waals surface area contributed by atoms with Crippen LogP contribution in [0.25, 0.3) is 22.3 Å². The third kappa shape index (κ3) is 11.4. The highest BCUT2D eigenvalue weighted by Gasteiger charge is 2.46. The molecular weight excluding hydrogens is 1020 g/mol. The summed E-state index contributed by atoms with van der Waals surface area (Å²) in [6.07, 6.45) is -3.10. The van der Waals surface area contributed by atoms with Gasteiger partial charge in [-0.25, -0.2) is 24.4 Å². The largest absolute Gasteiger partial charge is 0.438 e. The second-order valence-electron chi connectivity index (χ2n) is 20.1. The zero-order chi connectivity index (χ0) is 54.6. The van der Waals surface area contributed by atoms with Crippen LogP contribution in [0.1, 0.15) is 48.9 Å². The van der Waals surface area contributed by atoms with E-state index in [0.717, 1.165) is 11.1 Å². The molecule has 416 valence electrons. The van der Waals surface area contributed by atoms with Crippen LogP contribution >= 0.6 is 0 Å². The van der Waals surface area contributed by atoms with Crippen LogP contribution in [0.2, 0.25) is 0 Å². The Kier molecular flexibility index (Phi) is 16.1. The van der Waals surface area contributed by atoms with E-state index in [-0.39, 0.29) is 50.0 Å². The minimum atomic E-state index is -1.42. The number of anilines is 4. The van der Waals surface area contributed by atoms with Crippen molar-refractivity contribution >= 4 is 64.1 Å². The third-order valence-corrected chi connectivity index (χ3v) is 15.0. The molecule has 4 aromatic heterocycles. The second-order valence-corrected chi connectivity index (χ2v) is 20.1. The summed E-state index contributed by atoms with van der Waals surface area (Å²) in [5, 5.41) is 100. The third-order valence-electron chi connectivity index (χ3n) is 15.0. The number of aliphatic hydroxyl groups is 6. The van der Waals surface area contributed by atoms with Gasteiger partial charge in [-0.1, -0.05) is 60.7 Å². The van der Waals surface area contributed by atoms with Gasteiger partial charge in [0, 0.05) is 38.3 Å². The molecule has 1 unspecified atom stereocenters. The predicted molar refractivity (Wildman–Crippen MR) is 276 cm³/mol. The van der Waals surface area contributed by atoms with Crippen molar-refractivity contribution in [3.8, 4) is 0 Å². The molecule has 4 amide bonds. The lowest BCUT2D eigenvalue weighted by Crippen LogP contribution is -2.48. The minimum absolute atomic E-state index is 0.0266. The van der Waals surface area contributed by atoms with Gasteiger partial charge in [-0.05, 0) is 49.7 Å². The molecule has 78 heavy (non-hydrogen) atoms. The Hall–Kier alpha value is -7.77. The summed E-state index contributed by atoms with van der Waals surface area (Å²) in [5.41, 5.74) is 3.16. The van der Waals surface area contributed by atoms with E-state index in [1.807, 2.05) is 70.5 Å². The summed E-state index contributed by atoms with van der Waals surface area (Å²) in [7, 11) is 0. The number of nitrogens with one attached hydrogen (secondary N) is 6. The van der Waals surface area contributed by atoms with Crippen LogP contribution in [0.5, 0.6) is 0 Å². The fourth-order valence-corrected chi connectivity index (χ4v) is 11.0. The molecule has 12 atom stereocenters. The van der Waals surface area contributed by atoms with Crippen molar-refractivity contribution in [2.45, 2.75) is 111 Å². The highest BCUT2D eigenvalue weighted by atomic mass is 17.1. The van der Waals surface area contributed by atoms with Crippen molar-refractivity contribution < 1.29 is 65.3 Å². The molecule has 0 bridgehead atoms. The molecule has 2 saturated carbocycles. The molecule has 29 heteroatoms. The first-order chi connectivity index (χ1) is 37.8. The number of aliphatic hydroxyl groups excluding tert-OH is 6. The SMILES string of the molecule is O=C(N[C@@H]1CCN(c2nc(N[C@H](CO)Cc3ccccc3)c3ncn(C4C[C@H](NC(=O)OO)[C@@H](O)[C@H]4O)c3n2)C1)N[C@@H]1CCN(c2nc(N[C@H](CO)Cc3ccccc3)c3ncn([C@@H]4C[C@H](NC(=O)OO)[C@@H](O)[C@H]4O)c3n2)C1. The maximum Gasteiger partial charge on any atom is 0.438 e. The zero-order valence-corrected chi connectivity index (χ0v) is 41.9. The average Bonchev–Trinajstić information content (AvgIpc) is 4.37. The van der Waals surface area contributed by atoms with Crippen molar-refractivity contribution in [1.82, 2.24) is 60.3 Å². The summed E-state index contributed by atoms with van der Waals surface area (Å²) < 4.78 is 3.18. The molecule has 2 saturated heterocycles. The van der Waals surface area contributed by atoms with Crippen LogP contribution in [0.15, 0.2) is 73.3 Å². The number of carbonyl (C=O) groups is 3. The summed E-state index contributed by atoms with van der Waals surface area (Å²) >= 11 is 0. The van der Waals surface area contributed by atoms with Crippen LogP contribution in [-0.4, -0.2) is 198 Å². The van der Waals surface area contributed by atoms with Gasteiger partial charge >= 0.3 is 18.2 Å². The van der Waals surface area contributed by atoms with Crippen molar-refractivity contribution in [1.29, 1.82) is 0 Å². The molecule has 2 aliphatic carbocycles. The van der Waals surface area contributed by atoms with E-state index in [0.29, 0.717) is 85.8 Å². The first-order valence-corrected chi connectivity index (χ1v) is 25.7. The summed E-state index contributed by atoms with van der Waals surface area (Å²) in [4.78, 5) is 77.5. The van der Waals surface area contributed by atoms with Gasteiger partial charge in [-0.15, -0.1) is 0 Å². The molecule has 6 heterocycles. The molecule has 6 aromatic rings. The number of nitrogens with zero attached hydrogens (tertiary/aromatic N) is 10. The summed E-state index contributed by atoms with van der Waals surface area (Å²) in [6, 6.07) is 13.5. The molecule has 0 spiro atoms. The number of hydrogen-bond acceptors (Lipinski definition) is 23. The molecule has 10 rings (SSSR count). The van der Waals surface area contributed by atoms with E-state index >= 15 is 0 Å². The smallest absolute Gasteiger partial charge is 0.394 e. The van der Waals surface area contributed by atoms with E-state index < -0.39 is 78.9 Å². The number of fused-ring (bicyclic) bond motifs is 2. The normalized spacial score (nSPS) is 25.7. The van der Waals surface area contributed by atoms with E-state index in [2.05, 4.69) is 51.6 Å². The summed E-state index contributed by atoms with van der Waals surface area (Å²) in [6.45, 7) is 0.988. The van der Waals surface area contributed by atoms with E-state index in [9.17, 15) is 45.0 Å². The van der Waals surface area contributed by atoms with E-state index in [1.54, 1.807) is 9.13 Å². The maximum absolute atomic E-state index is 13.8. The van der Waals surface area contributed by atoms with Gasteiger partial charge in [0.15, 0.2) is 34.0 Å².